The number of hydrogen-bond donors (Lipinski definition) is 0. The molecule has 2 heterocycles. The first-order valence-electron chi connectivity index (χ1n) is 6.49. The van der Waals surface area contributed by atoms with Crippen LogP contribution in [0.2, 0.25) is 0 Å². The van der Waals surface area contributed by atoms with E-state index >= 15 is 0 Å². The first kappa shape index (κ1) is 13.2. The molecule has 0 spiro atoms. The van der Waals surface area contributed by atoms with Gasteiger partial charge in [0.1, 0.15) is 0 Å². The molecular weight excluding hydrogens is 274 g/mol. The molecule has 104 valence electrons. The fraction of sp³-hybridized carbons (Fsp3) is 0.357. The Morgan fingerprint density at radius 2 is 2.35 bits per heavy atom. The number of nitrogens with zero attached hydrogens (tertiary/aromatic N) is 3. The van der Waals surface area contributed by atoms with Gasteiger partial charge in [0.25, 0.3) is 0 Å². The van der Waals surface area contributed by atoms with E-state index in [1.54, 1.807) is 16.7 Å². The molecule has 1 aliphatic heterocycles. The number of likely N-dealkylation sites (N-methyl/N-ethyl adjacent to an activating group) is 1. The summed E-state index contributed by atoms with van der Waals surface area (Å²) in [7, 11) is 1.83. The van der Waals surface area contributed by atoms with Crippen molar-refractivity contribution in [2.24, 2.45) is 0 Å². The Labute approximate surface area is 121 Å². The number of benzene rings is 1. The highest BCUT2D eigenvalue weighted by atomic mass is 32.2. The molecule has 0 saturated heterocycles. The molecule has 1 aromatic carbocycles. The second-order valence-corrected chi connectivity index (χ2v) is 6.02. The Morgan fingerprint density at radius 1 is 1.50 bits per heavy atom. The van der Waals surface area contributed by atoms with Crippen LogP contribution in [-0.2, 0) is 17.6 Å². The molecule has 6 heteroatoms. The molecule has 20 heavy (non-hydrogen) atoms. The average molecular weight is 289 g/mol. The largest absolute Gasteiger partial charge is 0.344 e. The van der Waals surface area contributed by atoms with Crippen LogP contribution in [-0.4, -0.2) is 39.8 Å². The number of amides is 1. The van der Waals surface area contributed by atoms with Gasteiger partial charge in [-0.3, -0.25) is 4.79 Å². The van der Waals surface area contributed by atoms with E-state index in [1.807, 2.05) is 19.2 Å². The number of hydrogen-bond acceptors (Lipinski definition) is 5. The highest BCUT2D eigenvalue weighted by Gasteiger charge is 2.29. The van der Waals surface area contributed by atoms with Gasteiger partial charge in [-0.1, -0.05) is 23.4 Å². The molecular formula is C14H15N3O2S. The normalized spacial score (nSPS) is 16.9. The molecule has 1 atom stereocenters. The Morgan fingerprint density at radius 3 is 3.10 bits per heavy atom. The van der Waals surface area contributed by atoms with E-state index in [1.165, 1.54) is 16.9 Å². The summed E-state index contributed by atoms with van der Waals surface area (Å²) in [5, 5.41) is 3.74. The summed E-state index contributed by atoms with van der Waals surface area (Å²) >= 11 is 1.65. The minimum absolute atomic E-state index is 0.0114. The van der Waals surface area contributed by atoms with Gasteiger partial charge in [-0.05, 0) is 18.1 Å². The number of rotatable bonds is 4. The maximum absolute atomic E-state index is 12.4. The third-order valence-electron chi connectivity index (χ3n) is 3.38. The Balaban J connectivity index is 1.57. The van der Waals surface area contributed by atoms with Crippen LogP contribution in [0.3, 0.4) is 0 Å². The smallest absolute Gasteiger partial charge is 0.236 e. The van der Waals surface area contributed by atoms with Gasteiger partial charge in [-0.25, -0.2) is 0 Å². The van der Waals surface area contributed by atoms with Gasteiger partial charge < -0.3 is 9.42 Å². The number of fused-ring (bicyclic) bond motifs is 1. The summed E-state index contributed by atoms with van der Waals surface area (Å²) in [5.74, 6) is 0.793. The van der Waals surface area contributed by atoms with Crippen molar-refractivity contribution in [3.05, 3.63) is 42.0 Å². The lowest BCUT2D eigenvalue weighted by atomic mass is 10.1. The SMILES string of the molecule is CN(CCc1ncon1)C(=O)[C@H]1Cc2ccccc2S1. The molecule has 0 saturated carbocycles. The van der Waals surface area contributed by atoms with Crippen molar-refractivity contribution in [2.45, 2.75) is 23.0 Å². The van der Waals surface area contributed by atoms with Gasteiger partial charge in [-0.15, -0.1) is 11.8 Å². The summed E-state index contributed by atoms with van der Waals surface area (Å²) < 4.78 is 4.68. The predicted octanol–water partition coefficient (Wildman–Crippen LogP) is 1.79. The summed E-state index contributed by atoms with van der Waals surface area (Å²) in [5.41, 5.74) is 1.27. The maximum Gasteiger partial charge on any atom is 0.236 e. The van der Waals surface area contributed by atoms with Gasteiger partial charge >= 0.3 is 0 Å². The summed E-state index contributed by atoms with van der Waals surface area (Å²) in [6, 6.07) is 8.20. The van der Waals surface area contributed by atoms with E-state index in [9.17, 15) is 4.79 Å². The molecule has 1 amide bonds. The molecule has 1 aromatic heterocycles. The fourth-order valence-corrected chi connectivity index (χ4v) is 3.56. The van der Waals surface area contributed by atoms with Crippen LogP contribution in [0.15, 0.2) is 40.1 Å². The van der Waals surface area contributed by atoms with Gasteiger partial charge in [0.15, 0.2) is 5.82 Å². The Bertz CT molecular complexity index is 575. The Hall–Kier alpha value is -1.82. The topological polar surface area (TPSA) is 59.2 Å². The van der Waals surface area contributed by atoms with Crippen LogP contribution < -0.4 is 0 Å². The highest BCUT2D eigenvalue weighted by Crippen LogP contribution is 2.37. The van der Waals surface area contributed by atoms with Crippen molar-refractivity contribution in [3.63, 3.8) is 0 Å². The minimum Gasteiger partial charge on any atom is -0.344 e. The molecule has 0 fully saturated rings. The fourth-order valence-electron chi connectivity index (χ4n) is 2.25. The van der Waals surface area contributed by atoms with Crippen molar-refractivity contribution in [2.75, 3.05) is 13.6 Å². The molecule has 0 bridgehead atoms. The second-order valence-electron chi connectivity index (χ2n) is 4.78. The van der Waals surface area contributed by atoms with Crippen molar-refractivity contribution in [1.29, 1.82) is 0 Å². The van der Waals surface area contributed by atoms with Crippen LogP contribution in [0.5, 0.6) is 0 Å². The van der Waals surface area contributed by atoms with Crippen LogP contribution >= 0.6 is 11.8 Å². The quantitative estimate of drug-likeness (QED) is 0.859. The van der Waals surface area contributed by atoms with Gasteiger partial charge in [0.2, 0.25) is 12.3 Å². The second kappa shape index (κ2) is 5.66. The third kappa shape index (κ3) is 2.70. The zero-order chi connectivity index (χ0) is 13.9. The van der Waals surface area contributed by atoms with Crippen molar-refractivity contribution in [3.8, 4) is 0 Å². The molecule has 0 unspecified atom stereocenters. The molecule has 1 aliphatic rings. The highest BCUT2D eigenvalue weighted by molar-refractivity contribution is 8.01. The zero-order valence-corrected chi connectivity index (χ0v) is 12.0. The summed E-state index contributed by atoms with van der Waals surface area (Å²) in [6.45, 7) is 0.603. The standard InChI is InChI=1S/C14H15N3O2S/c1-17(7-6-13-15-9-19-16-13)14(18)12-8-10-4-2-3-5-11(10)20-12/h2-5,9,12H,6-8H2,1H3/t12-/m1/s1. The van der Waals surface area contributed by atoms with Crippen LogP contribution in [0.25, 0.3) is 0 Å². The lowest BCUT2D eigenvalue weighted by molar-refractivity contribution is -0.129. The van der Waals surface area contributed by atoms with E-state index < -0.39 is 0 Å². The third-order valence-corrected chi connectivity index (χ3v) is 4.68. The molecule has 0 N–H and O–H groups in total. The number of carbonyl (C=O) groups is 1. The minimum atomic E-state index is -0.0114. The van der Waals surface area contributed by atoms with Gasteiger partial charge in [0, 0.05) is 24.9 Å². The lowest BCUT2D eigenvalue weighted by Gasteiger charge is -2.19. The van der Waals surface area contributed by atoms with E-state index in [2.05, 4.69) is 26.8 Å². The molecule has 3 rings (SSSR count). The van der Waals surface area contributed by atoms with E-state index in [-0.39, 0.29) is 11.2 Å². The van der Waals surface area contributed by atoms with Crippen molar-refractivity contribution >= 4 is 17.7 Å². The zero-order valence-electron chi connectivity index (χ0n) is 11.2. The predicted molar refractivity (Wildman–Crippen MR) is 75.4 cm³/mol. The molecule has 0 aliphatic carbocycles. The number of thioether (sulfide) groups is 1. The lowest BCUT2D eigenvalue weighted by Crippen LogP contribution is -2.36. The first-order chi connectivity index (χ1) is 9.74. The van der Waals surface area contributed by atoms with E-state index in [0.29, 0.717) is 18.8 Å². The van der Waals surface area contributed by atoms with E-state index in [0.717, 1.165) is 6.42 Å². The molecule has 2 aromatic rings. The number of aromatic nitrogens is 2. The Kier molecular flexibility index (Phi) is 3.73. The summed E-state index contributed by atoms with van der Waals surface area (Å²) in [6.07, 6.45) is 2.73. The van der Waals surface area contributed by atoms with Crippen molar-refractivity contribution < 1.29 is 9.32 Å². The van der Waals surface area contributed by atoms with E-state index in [4.69, 9.17) is 0 Å². The monoisotopic (exact) mass is 289 g/mol. The summed E-state index contributed by atoms with van der Waals surface area (Å²) in [4.78, 5) is 19.3. The van der Waals surface area contributed by atoms with Crippen LogP contribution in [0.4, 0.5) is 0 Å². The first-order valence-corrected chi connectivity index (χ1v) is 7.37. The van der Waals surface area contributed by atoms with Gasteiger partial charge in [0.05, 0.1) is 5.25 Å². The molecule has 5 nitrogen and oxygen atoms in total. The van der Waals surface area contributed by atoms with Crippen LogP contribution in [0, 0.1) is 0 Å². The average Bonchev–Trinajstić information content (AvgIpc) is 3.12. The molecule has 0 radical (unpaired) electrons. The van der Waals surface area contributed by atoms with Crippen molar-refractivity contribution in [1.82, 2.24) is 15.0 Å². The maximum atomic E-state index is 12.4. The van der Waals surface area contributed by atoms with Gasteiger partial charge in [-0.2, -0.15) is 4.98 Å². The number of carbonyl (C=O) groups excluding carboxylic acids is 1. The van der Waals surface area contributed by atoms with Crippen LogP contribution in [0.1, 0.15) is 11.4 Å².